The molecule has 0 spiro atoms. The number of ether oxygens (including phenoxy) is 1. The monoisotopic (exact) mass is 404 g/mol. The molecule has 1 fully saturated rings. The summed E-state index contributed by atoms with van der Waals surface area (Å²) in [6.45, 7) is 2.92. The Kier molecular flexibility index (Phi) is 5.38. The highest BCUT2D eigenvalue weighted by molar-refractivity contribution is 14.1. The van der Waals surface area contributed by atoms with Gasteiger partial charge >= 0.3 is 5.97 Å². The molecule has 1 aliphatic rings. The van der Waals surface area contributed by atoms with E-state index in [0.717, 1.165) is 35.1 Å². The molecule has 1 aliphatic heterocycles. The van der Waals surface area contributed by atoms with Gasteiger partial charge in [-0.1, -0.05) is 0 Å². The van der Waals surface area contributed by atoms with Gasteiger partial charge in [0.25, 0.3) is 5.69 Å². The van der Waals surface area contributed by atoms with Crippen molar-refractivity contribution in [2.75, 3.05) is 18.1 Å². The summed E-state index contributed by atoms with van der Waals surface area (Å²) in [4.78, 5) is 24.5. The molecule has 1 atom stereocenters. The highest BCUT2D eigenvalue weighted by atomic mass is 127. The van der Waals surface area contributed by atoms with Crippen LogP contribution in [0.5, 0.6) is 0 Å². The van der Waals surface area contributed by atoms with Gasteiger partial charge < -0.3 is 9.64 Å². The highest BCUT2D eigenvalue weighted by Crippen LogP contribution is 2.32. The van der Waals surface area contributed by atoms with Crippen LogP contribution in [0.1, 0.15) is 26.2 Å². The number of esters is 1. The zero-order valence-electron chi connectivity index (χ0n) is 11.8. The number of nitrogens with zero attached hydrogens (tertiary/aromatic N) is 2. The predicted octanol–water partition coefficient (Wildman–Crippen LogP) is 3.12. The second kappa shape index (κ2) is 7.06. The first-order chi connectivity index (χ1) is 10.0. The fraction of sp³-hybridized carbons (Fsp3) is 0.500. The molecule has 0 radical (unpaired) electrons. The highest BCUT2D eigenvalue weighted by Gasteiger charge is 2.31. The third-order valence-corrected chi connectivity index (χ3v) is 4.38. The molecule has 0 amide bonds. The molecule has 7 heteroatoms. The van der Waals surface area contributed by atoms with Gasteiger partial charge in [0, 0.05) is 22.2 Å². The van der Waals surface area contributed by atoms with Gasteiger partial charge in [0.1, 0.15) is 6.04 Å². The fourth-order valence-electron chi connectivity index (χ4n) is 2.55. The van der Waals surface area contributed by atoms with Gasteiger partial charge in [0.2, 0.25) is 0 Å². The molecule has 2 rings (SSSR count). The quantitative estimate of drug-likeness (QED) is 0.334. The molecule has 114 valence electrons. The van der Waals surface area contributed by atoms with Crippen LogP contribution in [0.4, 0.5) is 11.4 Å². The van der Waals surface area contributed by atoms with Crippen LogP contribution in [-0.2, 0) is 9.53 Å². The molecule has 1 saturated heterocycles. The molecule has 6 nitrogen and oxygen atoms in total. The molecular weight excluding hydrogens is 387 g/mol. The number of rotatable bonds is 4. The number of hydrogen-bond acceptors (Lipinski definition) is 5. The van der Waals surface area contributed by atoms with E-state index in [9.17, 15) is 14.9 Å². The average molecular weight is 404 g/mol. The third-order valence-electron chi connectivity index (χ3n) is 3.51. The Morgan fingerprint density at radius 3 is 2.90 bits per heavy atom. The number of nitro benzene ring substituents is 1. The summed E-state index contributed by atoms with van der Waals surface area (Å²) in [5, 5.41) is 10.8. The van der Waals surface area contributed by atoms with Crippen molar-refractivity contribution >= 4 is 39.9 Å². The Bertz CT molecular complexity index is 550. The van der Waals surface area contributed by atoms with E-state index in [-0.39, 0.29) is 17.7 Å². The van der Waals surface area contributed by atoms with E-state index in [1.54, 1.807) is 13.0 Å². The van der Waals surface area contributed by atoms with Crippen LogP contribution in [0.25, 0.3) is 0 Å². The Hall–Kier alpha value is -1.38. The number of hydrogen-bond donors (Lipinski definition) is 0. The average Bonchev–Trinajstić information content (AvgIpc) is 2.47. The number of nitro groups is 1. The van der Waals surface area contributed by atoms with E-state index >= 15 is 0 Å². The zero-order valence-corrected chi connectivity index (χ0v) is 13.9. The Balaban J connectivity index is 2.29. The SMILES string of the molecule is CCOC(=O)C1CCCCN1c1ccc([N+](=O)[O-])cc1I. The van der Waals surface area contributed by atoms with Crippen molar-refractivity contribution in [1.29, 1.82) is 0 Å². The second-order valence-electron chi connectivity index (χ2n) is 4.85. The third kappa shape index (κ3) is 3.63. The molecule has 21 heavy (non-hydrogen) atoms. The maximum absolute atomic E-state index is 12.1. The first kappa shape index (κ1) is 16.0. The number of non-ortho nitro benzene ring substituents is 1. The van der Waals surface area contributed by atoms with Crippen LogP contribution < -0.4 is 4.90 Å². The standard InChI is InChI=1S/C14H17IN2O4/c1-2-21-14(18)13-5-3-4-8-16(13)12-7-6-10(17(19)20)9-11(12)15/h6-7,9,13H,2-5,8H2,1H3. The van der Waals surface area contributed by atoms with Gasteiger partial charge in [-0.3, -0.25) is 10.1 Å². The molecule has 1 aromatic carbocycles. The van der Waals surface area contributed by atoms with Crippen LogP contribution >= 0.6 is 22.6 Å². The van der Waals surface area contributed by atoms with Gasteiger partial charge in [-0.15, -0.1) is 0 Å². The minimum Gasteiger partial charge on any atom is -0.464 e. The summed E-state index contributed by atoms with van der Waals surface area (Å²) in [5.41, 5.74) is 0.923. The normalized spacial score (nSPS) is 18.4. The molecule has 1 heterocycles. The molecule has 1 aromatic rings. The van der Waals surface area contributed by atoms with Gasteiger partial charge in [-0.05, 0) is 54.8 Å². The summed E-state index contributed by atoms with van der Waals surface area (Å²) < 4.78 is 5.92. The zero-order chi connectivity index (χ0) is 15.4. The number of carbonyl (C=O) groups is 1. The van der Waals surface area contributed by atoms with Gasteiger partial charge in [-0.2, -0.15) is 0 Å². The lowest BCUT2D eigenvalue weighted by atomic mass is 10.0. The van der Waals surface area contributed by atoms with E-state index in [1.165, 1.54) is 12.1 Å². The van der Waals surface area contributed by atoms with Crippen LogP contribution in [-0.4, -0.2) is 30.1 Å². The van der Waals surface area contributed by atoms with Crippen LogP contribution in [0.15, 0.2) is 18.2 Å². The molecule has 0 N–H and O–H groups in total. The number of halogens is 1. The predicted molar refractivity (Wildman–Crippen MR) is 87.4 cm³/mol. The summed E-state index contributed by atoms with van der Waals surface area (Å²) >= 11 is 2.08. The van der Waals surface area contributed by atoms with Gasteiger partial charge in [0.05, 0.1) is 17.2 Å². The van der Waals surface area contributed by atoms with Crippen LogP contribution in [0.3, 0.4) is 0 Å². The Morgan fingerprint density at radius 1 is 1.52 bits per heavy atom. The smallest absolute Gasteiger partial charge is 0.328 e. The lowest BCUT2D eigenvalue weighted by Gasteiger charge is -2.36. The molecule has 0 aromatic heterocycles. The molecular formula is C14H17IN2O4. The van der Waals surface area contributed by atoms with Crippen molar-refractivity contribution in [2.45, 2.75) is 32.2 Å². The van der Waals surface area contributed by atoms with Crippen molar-refractivity contribution in [3.05, 3.63) is 31.9 Å². The summed E-state index contributed by atoms with van der Waals surface area (Å²) in [5.74, 6) is -0.216. The largest absolute Gasteiger partial charge is 0.464 e. The number of piperidine rings is 1. The van der Waals surface area contributed by atoms with E-state index in [2.05, 4.69) is 22.6 Å². The summed E-state index contributed by atoms with van der Waals surface area (Å²) in [6.07, 6.45) is 2.75. The lowest BCUT2D eigenvalue weighted by Crippen LogP contribution is -2.46. The van der Waals surface area contributed by atoms with Gasteiger partial charge in [-0.25, -0.2) is 4.79 Å². The summed E-state index contributed by atoms with van der Waals surface area (Å²) in [7, 11) is 0. The van der Waals surface area contributed by atoms with Crippen molar-refractivity contribution in [2.24, 2.45) is 0 Å². The second-order valence-corrected chi connectivity index (χ2v) is 6.01. The van der Waals surface area contributed by atoms with E-state index in [4.69, 9.17) is 4.74 Å². The molecule has 0 aliphatic carbocycles. The topological polar surface area (TPSA) is 72.7 Å². The Morgan fingerprint density at radius 2 is 2.29 bits per heavy atom. The van der Waals surface area contributed by atoms with Crippen molar-refractivity contribution < 1.29 is 14.5 Å². The number of benzene rings is 1. The van der Waals surface area contributed by atoms with E-state index in [0.29, 0.717) is 6.61 Å². The Labute approximate surface area is 136 Å². The molecule has 0 bridgehead atoms. The minimum atomic E-state index is -0.412. The first-order valence-electron chi connectivity index (χ1n) is 6.91. The van der Waals surface area contributed by atoms with Crippen molar-refractivity contribution in [1.82, 2.24) is 0 Å². The maximum atomic E-state index is 12.1. The van der Waals surface area contributed by atoms with Crippen molar-refractivity contribution in [3.8, 4) is 0 Å². The lowest BCUT2D eigenvalue weighted by molar-refractivity contribution is -0.384. The van der Waals surface area contributed by atoms with Crippen LogP contribution in [0.2, 0.25) is 0 Å². The van der Waals surface area contributed by atoms with Gasteiger partial charge in [0.15, 0.2) is 0 Å². The minimum absolute atomic E-state index is 0.0628. The number of anilines is 1. The van der Waals surface area contributed by atoms with Crippen LogP contribution in [0, 0.1) is 13.7 Å². The van der Waals surface area contributed by atoms with E-state index in [1.807, 2.05) is 4.90 Å². The van der Waals surface area contributed by atoms with Crippen molar-refractivity contribution in [3.63, 3.8) is 0 Å². The maximum Gasteiger partial charge on any atom is 0.328 e. The molecule has 1 unspecified atom stereocenters. The summed E-state index contributed by atoms with van der Waals surface area (Å²) in [6, 6.07) is 4.44. The first-order valence-corrected chi connectivity index (χ1v) is 7.99. The fourth-order valence-corrected chi connectivity index (χ4v) is 3.35. The van der Waals surface area contributed by atoms with E-state index < -0.39 is 4.92 Å². The number of carbonyl (C=O) groups excluding carboxylic acids is 1. The molecule has 0 saturated carbocycles.